The lowest BCUT2D eigenvalue weighted by Crippen LogP contribution is -2.52. The van der Waals surface area contributed by atoms with Gasteiger partial charge in [-0.3, -0.25) is 14.7 Å². The number of piperazine rings is 1. The van der Waals surface area contributed by atoms with Gasteiger partial charge < -0.3 is 9.80 Å². The van der Waals surface area contributed by atoms with E-state index in [9.17, 15) is 9.59 Å². The van der Waals surface area contributed by atoms with E-state index in [0.717, 1.165) is 4.90 Å². The van der Waals surface area contributed by atoms with E-state index >= 15 is 0 Å². The van der Waals surface area contributed by atoms with Gasteiger partial charge in [-0.05, 0) is 26.0 Å². The smallest absolute Gasteiger partial charge is 0.291 e. The van der Waals surface area contributed by atoms with E-state index in [-0.39, 0.29) is 22.9 Å². The molecule has 3 rings (SSSR count). The van der Waals surface area contributed by atoms with E-state index in [1.807, 2.05) is 43.0 Å². The van der Waals surface area contributed by atoms with Gasteiger partial charge in [0.2, 0.25) is 11.7 Å². The van der Waals surface area contributed by atoms with E-state index in [0.29, 0.717) is 26.2 Å². The maximum absolute atomic E-state index is 12.6. The van der Waals surface area contributed by atoms with Crippen LogP contribution in [0.1, 0.15) is 23.1 Å². The number of nitrogens with zero attached hydrogens (tertiary/aromatic N) is 4. The maximum Gasteiger partial charge on any atom is 0.291 e. The monoisotopic (exact) mass is 359 g/mol. The van der Waals surface area contributed by atoms with Gasteiger partial charge in [-0.1, -0.05) is 17.7 Å². The van der Waals surface area contributed by atoms with Crippen LogP contribution in [0.15, 0.2) is 35.5 Å². The highest BCUT2D eigenvalue weighted by atomic mass is 32.2. The lowest BCUT2D eigenvalue weighted by atomic mass is 10.2. The fourth-order valence-electron chi connectivity index (χ4n) is 2.72. The minimum atomic E-state index is -0.174. The zero-order valence-electron chi connectivity index (χ0n) is 14.3. The molecular weight excluding hydrogens is 338 g/mol. The summed E-state index contributed by atoms with van der Waals surface area (Å²) in [6.45, 7) is 6.07. The molecule has 2 heterocycles. The molecule has 7 nitrogen and oxygen atoms in total. The highest BCUT2D eigenvalue weighted by molar-refractivity contribution is 8.00. The van der Waals surface area contributed by atoms with Crippen molar-refractivity contribution in [1.82, 2.24) is 25.0 Å². The second-order valence-electron chi connectivity index (χ2n) is 6.02. The Balaban J connectivity index is 1.52. The number of thioether (sulfide) groups is 1. The Bertz CT molecular complexity index is 724. The number of aromatic nitrogens is 3. The van der Waals surface area contributed by atoms with Crippen LogP contribution in [0.4, 0.5) is 0 Å². The SMILES string of the molecule is Cc1ccc(S[C@H](C)C(=O)N2CCN(C(=O)c3ncn[nH]3)CC2)cc1. The van der Waals surface area contributed by atoms with Crippen molar-refractivity contribution < 1.29 is 9.59 Å². The summed E-state index contributed by atoms with van der Waals surface area (Å²) in [4.78, 5) is 33.4. The fourth-order valence-corrected chi connectivity index (χ4v) is 3.67. The van der Waals surface area contributed by atoms with Crippen molar-refractivity contribution in [3.05, 3.63) is 42.0 Å². The summed E-state index contributed by atoms with van der Waals surface area (Å²) >= 11 is 1.56. The van der Waals surface area contributed by atoms with E-state index < -0.39 is 0 Å². The molecule has 1 atom stereocenters. The molecule has 0 unspecified atom stereocenters. The van der Waals surface area contributed by atoms with Crippen LogP contribution in [0.5, 0.6) is 0 Å². The first-order valence-electron chi connectivity index (χ1n) is 8.21. The molecule has 8 heteroatoms. The second kappa shape index (κ2) is 7.69. The number of nitrogens with one attached hydrogen (secondary N) is 1. The third kappa shape index (κ3) is 4.19. The molecule has 0 radical (unpaired) electrons. The first-order valence-corrected chi connectivity index (χ1v) is 9.09. The largest absolute Gasteiger partial charge is 0.338 e. The van der Waals surface area contributed by atoms with Crippen molar-refractivity contribution in [3.63, 3.8) is 0 Å². The Morgan fingerprint density at radius 1 is 1.12 bits per heavy atom. The zero-order chi connectivity index (χ0) is 17.8. The van der Waals surface area contributed by atoms with Crippen LogP contribution in [0.2, 0.25) is 0 Å². The third-order valence-electron chi connectivity index (χ3n) is 4.18. The predicted octanol–water partition coefficient (Wildman–Crippen LogP) is 1.58. The summed E-state index contributed by atoms with van der Waals surface area (Å²) in [6, 6.07) is 8.18. The van der Waals surface area contributed by atoms with Crippen LogP contribution in [0.3, 0.4) is 0 Å². The van der Waals surface area contributed by atoms with Gasteiger partial charge >= 0.3 is 0 Å². The molecule has 0 bridgehead atoms. The summed E-state index contributed by atoms with van der Waals surface area (Å²) < 4.78 is 0. The summed E-state index contributed by atoms with van der Waals surface area (Å²) in [5, 5.41) is 6.13. The van der Waals surface area contributed by atoms with Crippen LogP contribution in [-0.2, 0) is 4.79 Å². The number of amides is 2. The quantitative estimate of drug-likeness (QED) is 0.838. The Kier molecular flexibility index (Phi) is 5.37. The predicted molar refractivity (Wildman–Crippen MR) is 95.4 cm³/mol. The second-order valence-corrected chi connectivity index (χ2v) is 7.44. The maximum atomic E-state index is 12.6. The molecule has 1 aromatic carbocycles. The number of hydrogen-bond donors (Lipinski definition) is 1. The van der Waals surface area contributed by atoms with Crippen molar-refractivity contribution in [2.45, 2.75) is 24.0 Å². The van der Waals surface area contributed by atoms with Gasteiger partial charge in [0, 0.05) is 31.1 Å². The number of benzene rings is 1. The van der Waals surface area contributed by atoms with E-state index in [1.165, 1.54) is 11.9 Å². The van der Waals surface area contributed by atoms with Crippen molar-refractivity contribution >= 4 is 23.6 Å². The first kappa shape index (κ1) is 17.5. The molecule has 1 aromatic heterocycles. The zero-order valence-corrected chi connectivity index (χ0v) is 15.1. The fraction of sp³-hybridized carbons (Fsp3) is 0.412. The molecule has 0 spiro atoms. The molecule has 1 N–H and O–H groups in total. The van der Waals surface area contributed by atoms with Crippen molar-refractivity contribution in [1.29, 1.82) is 0 Å². The molecule has 1 fully saturated rings. The number of hydrogen-bond acceptors (Lipinski definition) is 5. The van der Waals surface area contributed by atoms with Gasteiger partial charge in [0.25, 0.3) is 5.91 Å². The van der Waals surface area contributed by atoms with Crippen LogP contribution >= 0.6 is 11.8 Å². The molecule has 0 saturated carbocycles. The Morgan fingerprint density at radius 3 is 2.36 bits per heavy atom. The van der Waals surface area contributed by atoms with Gasteiger partial charge in [0.15, 0.2) is 0 Å². The summed E-state index contributed by atoms with van der Waals surface area (Å²) in [5.41, 5.74) is 1.20. The van der Waals surface area contributed by atoms with Crippen molar-refractivity contribution in [2.24, 2.45) is 0 Å². The minimum absolute atomic E-state index is 0.109. The van der Waals surface area contributed by atoms with Gasteiger partial charge in [0.1, 0.15) is 6.33 Å². The lowest BCUT2D eigenvalue weighted by molar-refractivity contribution is -0.131. The lowest BCUT2D eigenvalue weighted by Gasteiger charge is -2.35. The Hall–Kier alpha value is -2.35. The van der Waals surface area contributed by atoms with Crippen LogP contribution < -0.4 is 0 Å². The number of aromatic amines is 1. The molecule has 1 aliphatic heterocycles. The molecule has 0 aliphatic carbocycles. The van der Waals surface area contributed by atoms with Gasteiger partial charge in [0.05, 0.1) is 5.25 Å². The minimum Gasteiger partial charge on any atom is -0.338 e. The molecule has 1 aliphatic rings. The average Bonchev–Trinajstić information content (AvgIpc) is 3.17. The Labute approximate surface area is 150 Å². The Morgan fingerprint density at radius 2 is 1.76 bits per heavy atom. The number of carbonyl (C=O) groups excluding carboxylic acids is 2. The number of H-pyrrole nitrogens is 1. The molecular formula is C17H21N5O2S. The number of aryl methyl sites for hydroxylation is 1. The highest BCUT2D eigenvalue weighted by Gasteiger charge is 2.28. The third-order valence-corrected chi connectivity index (χ3v) is 5.28. The summed E-state index contributed by atoms with van der Waals surface area (Å²) in [7, 11) is 0. The summed E-state index contributed by atoms with van der Waals surface area (Å²) in [6.07, 6.45) is 1.32. The van der Waals surface area contributed by atoms with Gasteiger partial charge in [-0.2, -0.15) is 5.10 Å². The van der Waals surface area contributed by atoms with Crippen LogP contribution in [-0.4, -0.2) is 68.2 Å². The molecule has 25 heavy (non-hydrogen) atoms. The topological polar surface area (TPSA) is 82.2 Å². The van der Waals surface area contributed by atoms with E-state index in [1.54, 1.807) is 16.7 Å². The van der Waals surface area contributed by atoms with E-state index in [4.69, 9.17) is 0 Å². The molecule has 2 amide bonds. The first-order chi connectivity index (χ1) is 12.0. The number of carbonyl (C=O) groups is 2. The van der Waals surface area contributed by atoms with Gasteiger partial charge in [-0.25, -0.2) is 4.98 Å². The van der Waals surface area contributed by atoms with Crippen LogP contribution in [0.25, 0.3) is 0 Å². The molecule has 1 saturated heterocycles. The number of rotatable bonds is 4. The average molecular weight is 359 g/mol. The van der Waals surface area contributed by atoms with Crippen LogP contribution in [0, 0.1) is 6.92 Å². The van der Waals surface area contributed by atoms with E-state index in [2.05, 4.69) is 15.2 Å². The normalized spacial score (nSPS) is 15.9. The highest BCUT2D eigenvalue weighted by Crippen LogP contribution is 2.25. The molecule has 2 aromatic rings. The molecule has 132 valence electrons. The van der Waals surface area contributed by atoms with Gasteiger partial charge in [-0.15, -0.1) is 11.8 Å². The summed E-state index contributed by atoms with van der Waals surface area (Å²) in [5.74, 6) is 0.173. The van der Waals surface area contributed by atoms with Crippen molar-refractivity contribution in [3.8, 4) is 0 Å². The van der Waals surface area contributed by atoms with Crippen molar-refractivity contribution in [2.75, 3.05) is 26.2 Å². The standard InChI is InChI=1S/C17H21N5O2S/c1-12-3-5-14(6-4-12)25-13(2)16(23)21-7-9-22(10-8-21)17(24)15-18-11-19-20-15/h3-6,11,13H,7-10H2,1-2H3,(H,18,19,20)/t13-/m1/s1.